The Morgan fingerprint density at radius 2 is 1.20 bits per heavy atom. The van der Waals surface area contributed by atoms with Crippen LogP contribution < -0.4 is 5.73 Å². The highest BCUT2D eigenvalue weighted by molar-refractivity contribution is 5.73. The van der Waals surface area contributed by atoms with Crippen LogP contribution in [-0.4, -0.2) is 5.84 Å². The molecule has 60 valence electrons. The van der Waals surface area contributed by atoms with Gasteiger partial charge in [0, 0.05) is 0 Å². The number of hydrogen-bond acceptors (Lipinski definition) is 1. The lowest BCUT2D eigenvalue weighted by atomic mass is 10.8. The van der Waals surface area contributed by atoms with E-state index in [4.69, 9.17) is 11.1 Å². The summed E-state index contributed by atoms with van der Waals surface area (Å²) in [6.07, 6.45) is -5.81. The van der Waals surface area contributed by atoms with E-state index in [1.807, 2.05) is 0 Å². The van der Waals surface area contributed by atoms with Gasteiger partial charge in [0.15, 0.2) is 0 Å². The number of hydrogen-bond donors (Lipinski definition) is 2. The summed E-state index contributed by atoms with van der Waals surface area (Å²) in [7, 11) is 0. The van der Waals surface area contributed by atoms with E-state index >= 15 is 0 Å². The third kappa shape index (κ3) is 28.4. The van der Waals surface area contributed by atoms with Gasteiger partial charge in [-0.3, -0.25) is 5.41 Å². The summed E-state index contributed by atoms with van der Waals surface area (Å²) in [5.74, 6) is 0.167. The largest absolute Gasteiger partial charge is 0.388 e. The van der Waals surface area contributed by atoms with Crippen LogP contribution in [0.15, 0.2) is 12.2 Å². The Balaban J connectivity index is 0. The molecule has 0 fully saturated rings. The Hall–Kier alpha value is -1.07. The van der Waals surface area contributed by atoms with Crippen LogP contribution in [0.25, 0.3) is 0 Å². The molecule has 0 radical (unpaired) electrons. The van der Waals surface area contributed by atoms with E-state index in [9.17, 15) is 17.6 Å². The third-order valence-electron chi connectivity index (χ3n) is 0.143. The van der Waals surface area contributed by atoms with Crippen LogP contribution >= 0.6 is 0 Å². The van der Waals surface area contributed by atoms with Gasteiger partial charge < -0.3 is 5.73 Å². The maximum absolute atomic E-state index is 10.3. The first-order valence-electron chi connectivity index (χ1n) is 2.04. The quantitative estimate of drug-likeness (QED) is 0.316. The molecule has 0 saturated carbocycles. The zero-order chi connectivity index (χ0) is 8.73. The minimum Gasteiger partial charge on any atom is -0.388 e. The monoisotopic (exact) mass is 158 g/mol. The SMILES string of the molecule is CC(=N)N.FC(F)=C(F)F. The van der Waals surface area contributed by atoms with Crippen molar-refractivity contribution < 1.29 is 17.6 Å². The Morgan fingerprint density at radius 1 is 1.10 bits per heavy atom. The Kier molecular flexibility index (Phi) is 7.08. The van der Waals surface area contributed by atoms with Crippen molar-refractivity contribution in [3.05, 3.63) is 12.2 Å². The van der Waals surface area contributed by atoms with Crippen molar-refractivity contribution in [2.45, 2.75) is 6.92 Å². The van der Waals surface area contributed by atoms with Crippen molar-refractivity contribution in [2.75, 3.05) is 0 Å². The van der Waals surface area contributed by atoms with Gasteiger partial charge in [0.1, 0.15) is 0 Å². The smallest absolute Gasteiger partial charge is 0.334 e. The summed E-state index contributed by atoms with van der Waals surface area (Å²) >= 11 is 0. The molecule has 6 heteroatoms. The zero-order valence-electron chi connectivity index (χ0n) is 5.09. The van der Waals surface area contributed by atoms with Crippen molar-refractivity contribution in [2.24, 2.45) is 5.73 Å². The van der Waals surface area contributed by atoms with Gasteiger partial charge in [-0.2, -0.15) is 17.6 Å². The first-order valence-corrected chi connectivity index (χ1v) is 2.04. The van der Waals surface area contributed by atoms with Gasteiger partial charge in [0.25, 0.3) is 0 Å². The van der Waals surface area contributed by atoms with Crippen molar-refractivity contribution >= 4 is 5.84 Å². The minimum atomic E-state index is -2.91. The van der Waals surface area contributed by atoms with Gasteiger partial charge in [-0.1, -0.05) is 0 Å². The van der Waals surface area contributed by atoms with E-state index in [0.717, 1.165) is 0 Å². The summed E-state index contributed by atoms with van der Waals surface area (Å²) in [5, 5.41) is 6.28. The maximum atomic E-state index is 10.3. The minimum absolute atomic E-state index is 0.167. The lowest BCUT2D eigenvalue weighted by molar-refractivity contribution is 0.308. The second-order valence-corrected chi connectivity index (χ2v) is 1.20. The van der Waals surface area contributed by atoms with E-state index in [1.165, 1.54) is 6.92 Å². The molecule has 2 nitrogen and oxygen atoms in total. The molecule has 0 aliphatic carbocycles. The highest BCUT2D eigenvalue weighted by atomic mass is 19.3. The Labute approximate surface area is 54.8 Å². The van der Waals surface area contributed by atoms with Gasteiger partial charge in [0.05, 0.1) is 5.84 Å². The Morgan fingerprint density at radius 3 is 1.20 bits per heavy atom. The molecule has 0 saturated heterocycles. The normalized spacial score (nSPS) is 7.30. The lowest BCUT2D eigenvalue weighted by Gasteiger charge is -1.69. The molecule has 0 rings (SSSR count). The summed E-state index contributed by atoms with van der Waals surface area (Å²) in [5.41, 5.74) is 4.69. The fraction of sp³-hybridized carbons (Fsp3) is 0.250. The second-order valence-electron chi connectivity index (χ2n) is 1.20. The van der Waals surface area contributed by atoms with Crippen molar-refractivity contribution in [3.63, 3.8) is 0 Å². The zero-order valence-corrected chi connectivity index (χ0v) is 5.09. The summed E-state index contributed by atoms with van der Waals surface area (Å²) in [4.78, 5) is 0. The average Bonchev–Trinajstić information content (AvgIpc) is 1.63. The van der Waals surface area contributed by atoms with Gasteiger partial charge in [0.2, 0.25) is 0 Å². The molecule has 0 heterocycles. The van der Waals surface area contributed by atoms with E-state index in [1.54, 1.807) is 0 Å². The van der Waals surface area contributed by atoms with Gasteiger partial charge >= 0.3 is 12.2 Å². The third-order valence-corrected chi connectivity index (χ3v) is 0.143. The molecule has 0 atom stereocenters. The van der Waals surface area contributed by atoms with E-state index in [2.05, 4.69) is 0 Å². The van der Waals surface area contributed by atoms with Gasteiger partial charge in [-0.15, -0.1) is 0 Å². The first kappa shape index (κ1) is 11.7. The van der Waals surface area contributed by atoms with Gasteiger partial charge in [-0.05, 0) is 6.92 Å². The lowest BCUT2D eigenvalue weighted by Crippen LogP contribution is -2.00. The molecule has 0 aromatic carbocycles. The molecule has 0 bridgehead atoms. The number of halogens is 4. The molecular formula is C4H6F4N2. The predicted molar refractivity (Wildman–Crippen MR) is 29.0 cm³/mol. The average molecular weight is 158 g/mol. The van der Waals surface area contributed by atoms with Crippen molar-refractivity contribution in [1.29, 1.82) is 5.41 Å². The highest BCUT2D eigenvalue weighted by Crippen LogP contribution is 2.08. The highest BCUT2D eigenvalue weighted by Gasteiger charge is 1.98. The maximum Gasteiger partial charge on any atom is 0.334 e. The summed E-state index contributed by atoms with van der Waals surface area (Å²) < 4.78 is 41.1. The van der Waals surface area contributed by atoms with E-state index < -0.39 is 12.2 Å². The van der Waals surface area contributed by atoms with Crippen LogP contribution in [0, 0.1) is 5.41 Å². The fourth-order valence-electron chi connectivity index (χ4n) is 0. The first-order chi connectivity index (χ1) is 4.37. The van der Waals surface area contributed by atoms with Crippen LogP contribution in [0.3, 0.4) is 0 Å². The molecule has 0 spiro atoms. The molecule has 0 amide bonds. The summed E-state index contributed by atoms with van der Waals surface area (Å²) in [6.45, 7) is 1.53. The van der Waals surface area contributed by atoms with Crippen LogP contribution in [0.1, 0.15) is 6.92 Å². The number of nitrogens with one attached hydrogen (secondary N) is 1. The van der Waals surface area contributed by atoms with Crippen molar-refractivity contribution in [1.82, 2.24) is 0 Å². The molecule has 10 heavy (non-hydrogen) atoms. The topological polar surface area (TPSA) is 49.9 Å². The van der Waals surface area contributed by atoms with Crippen LogP contribution in [0.4, 0.5) is 17.6 Å². The number of amidine groups is 1. The molecule has 0 aliphatic heterocycles. The molecule has 0 aliphatic rings. The van der Waals surface area contributed by atoms with Crippen LogP contribution in [0.5, 0.6) is 0 Å². The standard InChI is InChI=1S/C2F4.C2H6N2/c3-1(4)2(5)6;1-2(3)4/h;1H3,(H3,3,4). The number of nitrogens with two attached hydrogens (primary N) is 1. The van der Waals surface area contributed by atoms with Crippen molar-refractivity contribution in [3.8, 4) is 0 Å². The summed E-state index contributed by atoms with van der Waals surface area (Å²) in [6, 6.07) is 0. The molecule has 0 aromatic rings. The van der Waals surface area contributed by atoms with Crippen LogP contribution in [-0.2, 0) is 0 Å². The molecular weight excluding hydrogens is 152 g/mol. The predicted octanol–water partition coefficient (Wildman–Crippen LogP) is 1.93. The van der Waals surface area contributed by atoms with E-state index in [-0.39, 0.29) is 5.84 Å². The van der Waals surface area contributed by atoms with Gasteiger partial charge in [-0.25, -0.2) is 0 Å². The second kappa shape index (κ2) is 6.06. The molecule has 0 unspecified atom stereocenters. The fourth-order valence-corrected chi connectivity index (χ4v) is 0. The molecule has 3 N–H and O–H groups in total. The van der Waals surface area contributed by atoms with Crippen LogP contribution in [0.2, 0.25) is 0 Å². The number of rotatable bonds is 0. The molecule has 0 aromatic heterocycles. The Bertz CT molecular complexity index is 120. The van der Waals surface area contributed by atoms with E-state index in [0.29, 0.717) is 0 Å².